The molecule has 1 N–H and O–H groups in total. The van der Waals surface area contributed by atoms with Crippen molar-refractivity contribution in [2.24, 2.45) is 5.92 Å². The SMILES string of the molecule is Cc1ccc(NC(=O)C2CCN(C(=O)c3ccc(C(F)(F)F)cc3)CC2)cc1. The average molecular weight is 390 g/mol. The highest BCUT2D eigenvalue weighted by atomic mass is 19.4. The zero-order chi connectivity index (χ0) is 20.3. The number of anilines is 1. The number of amides is 2. The van der Waals surface area contributed by atoms with E-state index >= 15 is 0 Å². The van der Waals surface area contributed by atoms with E-state index in [1.54, 1.807) is 4.90 Å². The summed E-state index contributed by atoms with van der Waals surface area (Å²) in [5.41, 5.74) is 1.28. The van der Waals surface area contributed by atoms with Gasteiger partial charge in [-0.2, -0.15) is 13.2 Å². The predicted octanol–water partition coefficient (Wildman–Crippen LogP) is 4.50. The van der Waals surface area contributed by atoms with E-state index in [0.29, 0.717) is 25.9 Å². The number of carbonyl (C=O) groups is 2. The molecule has 0 spiro atoms. The number of benzene rings is 2. The Labute approximate surface area is 161 Å². The number of alkyl halides is 3. The van der Waals surface area contributed by atoms with Crippen LogP contribution in [-0.2, 0) is 11.0 Å². The number of hydrogen-bond donors (Lipinski definition) is 1. The molecule has 0 saturated carbocycles. The highest BCUT2D eigenvalue weighted by Gasteiger charge is 2.31. The molecule has 0 unspecified atom stereocenters. The lowest BCUT2D eigenvalue weighted by atomic mass is 9.95. The number of nitrogens with one attached hydrogen (secondary N) is 1. The molecule has 28 heavy (non-hydrogen) atoms. The monoisotopic (exact) mass is 390 g/mol. The van der Waals surface area contributed by atoms with Gasteiger partial charge in [0.15, 0.2) is 0 Å². The van der Waals surface area contributed by atoms with E-state index in [0.717, 1.165) is 23.4 Å². The summed E-state index contributed by atoms with van der Waals surface area (Å²) in [6.07, 6.45) is -3.39. The second-order valence-electron chi connectivity index (χ2n) is 7.00. The molecule has 2 aromatic carbocycles. The zero-order valence-electron chi connectivity index (χ0n) is 15.4. The molecule has 4 nitrogen and oxygen atoms in total. The van der Waals surface area contributed by atoms with Crippen molar-refractivity contribution in [2.75, 3.05) is 18.4 Å². The van der Waals surface area contributed by atoms with E-state index < -0.39 is 11.7 Å². The van der Waals surface area contributed by atoms with E-state index in [1.165, 1.54) is 12.1 Å². The number of piperidine rings is 1. The maximum atomic E-state index is 12.6. The largest absolute Gasteiger partial charge is 0.416 e. The van der Waals surface area contributed by atoms with Crippen LogP contribution in [-0.4, -0.2) is 29.8 Å². The molecule has 1 fully saturated rings. The Kier molecular flexibility index (Phi) is 5.72. The van der Waals surface area contributed by atoms with Crippen LogP contribution in [0.3, 0.4) is 0 Å². The van der Waals surface area contributed by atoms with Gasteiger partial charge in [-0.25, -0.2) is 0 Å². The fraction of sp³-hybridized carbons (Fsp3) is 0.333. The summed E-state index contributed by atoms with van der Waals surface area (Å²) in [4.78, 5) is 26.5. The third kappa shape index (κ3) is 4.71. The van der Waals surface area contributed by atoms with E-state index in [2.05, 4.69) is 5.32 Å². The molecule has 2 aromatic rings. The molecule has 0 aliphatic carbocycles. The molecule has 1 aliphatic heterocycles. The molecule has 0 bridgehead atoms. The van der Waals surface area contributed by atoms with E-state index in [9.17, 15) is 22.8 Å². The molecule has 0 radical (unpaired) electrons. The second kappa shape index (κ2) is 8.04. The number of halogens is 3. The van der Waals surface area contributed by atoms with Crippen LogP contribution >= 0.6 is 0 Å². The molecule has 1 saturated heterocycles. The van der Waals surface area contributed by atoms with Crippen molar-refractivity contribution in [1.82, 2.24) is 4.90 Å². The lowest BCUT2D eigenvalue weighted by Crippen LogP contribution is -2.41. The Balaban J connectivity index is 1.55. The zero-order valence-corrected chi connectivity index (χ0v) is 15.4. The van der Waals surface area contributed by atoms with Gasteiger partial charge in [-0.15, -0.1) is 0 Å². The van der Waals surface area contributed by atoms with Crippen LogP contribution in [0.4, 0.5) is 18.9 Å². The van der Waals surface area contributed by atoms with E-state index in [-0.39, 0.29) is 23.3 Å². The maximum absolute atomic E-state index is 12.6. The molecular weight excluding hydrogens is 369 g/mol. The van der Waals surface area contributed by atoms with Gasteiger partial charge in [0.05, 0.1) is 5.56 Å². The van der Waals surface area contributed by atoms with Gasteiger partial charge in [0.2, 0.25) is 5.91 Å². The third-order valence-corrected chi connectivity index (χ3v) is 4.93. The van der Waals surface area contributed by atoms with Gasteiger partial charge in [0.1, 0.15) is 0 Å². The number of likely N-dealkylation sites (tertiary alicyclic amines) is 1. The molecule has 1 heterocycles. The molecular formula is C21H21F3N2O2. The van der Waals surface area contributed by atoms with Crippen LogP contribution in [0.15, 0.2) is 48.5 Å². The van der Waals surface area contributed by atoms with Crippen molar-refractivity contribution in [3.63, 3.8) is 0 Å². The Morgan fingerprint density at radius 2 is 1.54 bits per heavy atom. The lowest BCUT2D eigenvalue weighted by Gasteiger charge is -2.31. The van der Waals surface area contributed by atoms with Gasteiger partial charge in [-0.1, -0.05) is 17.7 Å². The van der Waals surface area contributed by atoms with Crippen molar-refractivity contribution in [1.29, 1.82) is 0 Å². The van der Waals surface area contributed by atoms with Crippen molar-refractivity contribution < 1.29 is 22.8 Å². The third-order valence-electron chi connectivity index (χ3n) is 4.93. The minimum absolute atomic E-state index is 0.0783. The van der Waals surface area contributed by atoms with Crippen LogP contribution in [0.2, 0.25) is 0 Å². The Bertz CT molecular complexity index is 837. The first-order valence-corrected chi connectivity index (χ1v) is 9.08. The maximum Gasteiger partial charge on any atom is 0.416 e. The number of hydrogen-bond acceptors (Lipinski definition) is 2. The molecule has 0 atom stereocenters. The molecule has 3 rings (SSSR count). The summed E-state index contributed by atoms with van der Waals surface area (Å²) in [6.45, 7) is 2.76. The highest BCUT2D eigenvalue weighted by molar-refractivity contribution is 5.95. The number of aryl methyl sites for hydroxylation is 1. The minimum Gasteiger partial charge on any atom is -0.339 e. The van der Waals surface area contributed by atoms with Gasteiger partial charge in [0.25, 0.3) is 5.91 Å². The quantitative estimate of drug-likeness (QED) is 0.839. The molecule has 2 amide bonds. The first kappa shape index (κ1) is 19.9. The van der Waals surface area contributed by atoms with Crippen molar-refractivity contribution in [3.05, 3.63) is 65.2 Å². The van der Waals surface area contributed by atoms with Crippen LogP contribution < -0.4 is 5.32 Å². The van der Waals surface area contributed by atoms with E-state index in [1.807, 2.05) is 31.2 Å². The lowest BCUT2D eigenvalue weighted by molar-refractivity contribution is -0.137. The van der Waals surface area contributed by atoms with Gasteiger partial charge in [-0.05, 0) is 56.2 Å². The summed E-state index contributed by atoms with van der Waals surface area (Å²) in [5, 5.41) is 2.89. The van der Waals surface area contributed by atoms with Gasteiger partial charge in [0, 0.05) is 30.3 Å². The Hall–Kier alpha value is -2.83. The molecule has 0 aromatic heterocycles. The highest BCUT2D eigenvalue weighted by Crippen LogP contribution is 2.29. The summed E-state index contributed by atoms with van der Waals surface area (Å²) < 4.78 is 37.9. The Morgan fingerprint density at radius 3 is 2.07 bits per heavy atom. The predicted molar refractivity (Wildman–Crippen MR) is 99.9 cm³/mol. The van der Waals surface area contributed by atoms with Gasteiger partial charge in [-0.3, -0.25) is 9.59 Å². The van der Waals surface area contributed by atoms with E-state index in [4.69, 9.17) is 0 Å². The summed E-state index contributed by atoms with van der Waals surface area (Å²) in [7, 11) is 0. The normalized spacial score (nSPS) is 15.4. The molecule has 1 aliphatic rings. The topological polar surface area (TPSA) is 49.4 Å². The number of nitrogens with zero attached hydrogens (tertiary/aromatic N) is 1. The van der Waals surface area contributed by atoms with Gasteiger partial charge < -0.3 is 10.2 Å². The average Bonchev–Trinajstić information content (AvgIpc) is 2.69. The number of rotatable bonds is 3. The standard InChI is InChI=1S/C21H21F3N2O2/c1-14-2-8-18(9-3-14)25-19(27)15-10-12-26(13-11-15)20(28)16-4-6-17(7-5-16)21(22,23)24/h2-9,15H,10-13H2,1H3,(H,25,27). The van der Waals surface area contributed by atoms with Gasteiger partial charge >= 0.3 is 6.18 Å². The van der Waals surface area contributed by atoms with Crippen LogP contribution in [0, 0.1) is 12.8 Å². The summed E-state index contributed by atoms with van der Waals surface area (Å²) in [6, 6.07) is 11.7. The fourth-order valence-electron chi connectivity index (χ4n) is 3.21. The van der Waals surface area contributed by atoms with Crippen LogP contribution in [0.25, 0.3) is 0 Å². The summed E-state index contributed by atoms with van der Waals surface area (Å²) >= 11 is 0. The molecule has 7 heteroatoms. The molecule has 148 valence electrons. The first-order chi connectivity index (χ1) is 13.2. The number of carbonyl (C=O) groups excluding carboxylic acids is 2. The Morgan fingerprint density at radius 1 is 0.964 bits per heavy atom. The van der Waals surface area contributed by atoms with Crippen molar-refractivity contribution in [3.8, 4) is 0 Å². The van der Waals surface area contributed by atoms with Crippen LogP contribution in [0.1, 0.15) is 34.3 Å². The van der Waals surface area contributed by atoms with Crippen molar-refractivity contribution >= 4 is 17.5 Å². The van der Waals surface area contributed by atoms with Crippen molar-refractivity contribution in [2.45, 2.75) is 25.9 Å². The summed E-state index contributed by atoms with van der Waals surface area (Å²) in [5.74, 6) is -0.588. The first-order valence-electron chi connectivity index (χ1n) is 9.08. The smallest absolute Gasteiger partial charge is 0.339 e. The minimum atomic E-state index is -4.43. The van der Waals surface area contributed by atoms with Crippen LogP contribution in [0.5, 0.6) is 0 Å². The second-order valence-corrected chi connectivity index (χ2v) is 7.00. The fourth-order valence-corrected chi connectivity index (χ4v) is 3.21.